The van der Waals surface area contributed by atoms with Gasteiger partial charge in [0.1, 0.15) is 0 Å². The lowest BCUT2D eigenvalue weighted by molar-refractivity contribution is 0.0584. The van der Waals surface area contributed by atoms with Crippen molar-refractivity contribution in [3.63, 3.8) is 0 Å². The number of ether oxygens (including phenoxy) is 1. The van der Waals surface area contributed by atoms with E-state index in [0.717, 1.165) is 18.5 Å². The lowest BCUT2D eigenvalue weighted by Crippen LogP contribution is -2.09. The van der Waals surface area contributed by atoms with Crippen LogP contribution in [0.4, 0.5) is 0 Å². The summed E-state index contributed by atoms with van der Waals surface area (Å²) in [5.74, 6) is 0.563. The highest BCUT2D eigenvalue weighted by Crippen LogP contribution is 2.27. The molecule has 0 amide bonds. The third-order valence-electron chi connectivity index (χ3n) is 2.75. The Labute approximate surface area is 98.2 Å². The normalized spacial score (nSPS) is 24.5. The van der Waals surface area contributed by atoms with Crippen LogP contribution in [0.2, 0.25) is 0 Å². The van der Waals surface area contributed by atoms with E-state index in [1.165, 1.54) is 0 Å². The Balaban J connectivity index is 2.06. The quantitative estimate of drug-likeness (QED) is 0.421. The van der Waals surface area contributed by atoms with Gasteiger partial charge in [0.25, 0.3) is 0 Å². The molecule has 1 fully saturated rings. The first-order valence-electron chi connectivity index (χ1n) is 5.35. The summed E-state index contributed by atoms with van der Waals surface area (Å²) in [6.45, 7) is 0.588. The van der Waals surface area contributed by atoms with Crippen LogP contribution in [0.5, 0.6) is 0 Å². The fourth-order valence-corrected chi connectivity index (χ4v) is 1.85. The number of nitrogens with two attached hydrogens (primary N) is 1. The third-order valence-corrected chi connectivity index (χ3v) is 2.75. The molecule has 0 saturated carbocycles. The van der Waals surface area contributed by atoms with Crippen molar-refractivity contribution in [2.75, 3.05) is 13.2 Å². The number of amidine groups is 1. The average molecular weight is 237 g/mol. The number of aliphatic imine (C=N–C) groups is 1. The van der Waals surface area contributed by atoms with Crippen molar-refractivity contribution in [2.45, 2.75) is 18.4 Å². The standard InChI is InChI=1S/C10H15N5O2/c11-5-14-9(12)10-13-2-8(15-10)6-1-7(3-16)17-4-6/h2,5-7,16H,1,3-4H2,(H,13,15)(H3,11,12,14)/t6?,7-/m0/s1. The fourth-order valence-electron chi connectivity index (χ4n) is 1.85. The zero-order valence-electron chi connectivity index (χ0n) is 9.26. The van der Waals surface area contributed by atoms with Gasteiger partial charge in [-0.05, 0) is 6.42 Å². The molecule has 1 unspecified atom stereocenters. The molecule has 0 radical (unpaired) electrons. The summed E-state index contributed by atoms with van der Waals surface area (Å²) in [7, 11) is 0. The molecule has 1 aliphatic rings. The molecule has 0 spiro atoms. The smallest absolute Gasteiger partial charge is 0.189 e. The van der Waals surface area contributed by atoms with Gasteiger partial charge in [0, 0.05) is 17.8 Å². The molecular formula is C10H15N5O2. The molecule has 0 bridgehead atoms. The van der Waals surface area contributed by atoms with Gasteiger partial charge in [-0.2, -0.15) is 0 Å². The Hall–Kier alpha value is -1.73. The number of hydrogen-bond acceptors (Lipinski definition) is 4. The first kappa shape index (κ1) is 11.7. The number of imidazole rings is 1. The summed E-state index contributed by atoms with van der Waals surface area (Å²) in [6, 6.07) is 0. The third kappa shape index (κ3) is 2.51. The summed E-state index contributed by atoms with van der Waals surface area (Å²) >= 11 is 0. The van der Waals surface area contributed by atoms with Crippen molar-refractivity contribution >= 4 is 12.2 Å². The molecule has 1 aliphatic heterocycles. The summed E-state index contributed by atoms with van der Waals surface area (Å²) in [6.07, 6.45) is 3.38. The highest BCUT2D eigenvalue weighted by molar-refractivity contribution is 5.97. The molecule has 0 aliphatic carbocycles. The van der Waals surface area contributed by atoms with Gasteiger partial charge in [-0.15, -0.1) is 0 Å². The summed E-state index contributed by atoms with van der Waals surface area (Å²) in [5.41, 5.74) is 6.01. The monoisotopic (exact) mass is 237 g/mol. The molecule has 7 heteroatoms. The van der Waals surface area contributed by atoms with Gasteiger partial charge in [0.2, 0.25) is 0 Å². The Morgan fingerprint density at radius 3 is 3.29 bits per heavy atom. The highest BCUT2D eigenvalue weighted by Gasteiger charge is 2.27. The van der Waals surface area contributed by atoms with E-state index in [1.54, 1.807) is 6.20 Å². The number of aliphatic hydroxyl groups excluding tert-OH is 1. The van der Waals surface area contributed by atoms with Gasteiger partial charge in [-0.1, -0.05) is 0 Å². The van der Waals surface area contributed by atoms with Crippen LogP contribution >= 0.6 is 0 Å². The summed E-state index contributed by atoms with van der Waals surface area (Å²) in [5, 5.41) is 16.5. The van der Waals surface area contributed by atoms with Gasteiger partial charge in [-0.3, -0.25) is 5.41 Å². The molecule has 2 rings (SSSR count). The van der Waals surface area contributed by atoms with E-state index in [2.05, 4.69) is 15.0 Å². The van der Waals surface area contributed by atoms with Crippen LogP contribution in [-0.4, -0.2) is 46.6 Å². The van der Waals surface area contributed by atoms with E-state index in [9.17, 15) is 0 Å². The molecule has 92 valence electrons. The second-order valence-electron chi connectivity index (χ2n) is 3.88. The SMILES string of the molecule is N=C(N=CN)c1ncc(C2CO[C@H](CO)C2)[nH]1. The number of nitrogens with one attached hydrogen (secondary N) is 2. The Morgan fingerprint density at radius 2 is 2.65 bits per heavy atom. The number of rotatable bonds is 3. The minimum absolute atomic E-state index is 0.00336. The Bertz CT molecular complexity index is 428. The van der Waals surface area contributed by atoms with Crippen LogP contribution in [0.1, 0.15) is 23.9 Å². The molecule has 17 heavy (non-hydrogen) atoms. The van der Waals surface area contributed by atoms with E-state index >= 15 is 0 Å². The lowest BCUT2D eigenvalue weighted by Gasteiger charge is -2.04. The minimum atomic E-state index is -0.103. The van der Waals surface area contributed by atoms with E-state index in [0.29, 0.717) is 12.4 Å². The van der Waals surface area contributed by atoms with Crippen molar-refractivity contribution in [1.82, 2.24) is 9.97 Å². The largest absolute Gasteiger partial charge is 0.394 e. The van der Waals surface area contributed by atoms with E-state index in [4.69, 9.17) is 21.0 Å². The summed E-state index contributed by atoms with van der Waals surface area (Å²) in [4.78, 5) is 10.7. The number of aromatic amines is 1. The second kappa shape index (κ2) is 5.07. The molecule has 7 nitrogen and oxygen atoms in total. The number of hydrogen-bond donors (Lipinski definition) is 4. The number of nitrogens with zero attached hydrogens (tertiary/aromatic N) is 2. The maximum atomic E-state index is 8.98. The van der Waals surface area contributed by atoms with Crippen molar-refractivity contribution in [3.05, 3.63) is 17.7 Å². The van der Waals surface area contributed by atoms with Crippen LogP contribution in [0.3, 0.4) is 0 Å². The number of H-pyrrole nitrogens is 1. The van der Waals surface area contributed by atoms with Gasteiger partial charge in [0.15, 0.2) is 11.7 Å². The predicted octanol–water partition coefficient (Wildman–Crippen LogP) is -0.413. The van der Waals surface area contributed by atoms with Gasteiger partial charge >= 0.3 is 0 Å². The number of aromatic nitrogens is 2. The fraction of sp³-hybridized carbons (Fsp3) is 0.500. The van der Waals surface area contributed by atoms with Crippen molar-refractivity contribution in [2.24, 2.45) is 10.7 Å². The molecule has 0 aromatic carbocycles. The van der Waals surface area contributed by atoms with Crippen molar-refractivity contribution in [3.8, 4) is 0 Å². The van der Waals surface area contributed by atoms with Gasteiger partial charge < -0.3 is 20.6 Å². The highest BCUT2D eigenvalue weighted by atomic mass is 16.5. The topological polar surface area (TPSA) is 120 Å². The lowest BCUT2D eigenvalue weighted by atomic mass is 10.0. The summed E-state index contributed by atoms with van der Waals surface area (Å²) < 4.78 is 5.39. The number of aliphatic hydroxyl groups is 1. The van der Waals surface area contributed by atoms with Crippen LogP contribution in [0.25, 0.3) is 0 Å². The molecular weight excluding hydrogens is 222 g/mol. The molecule has 1 aromatic heterocycles. The molecule has 5 N–H and O–H groups in total. The maximum absolute atomic E-state index is 8.98. The van der Waals surface area contributed by atoms with Gasteiger partial charge in [-0.25, -0.2) is 9.98 Å². The van der Waals surface area contributed by atoms with E-state index in [1.807, 2.05) is 0 Å². The van der Waals surface area contributed by atoms with E-state index in [-0.39, 0.29) is 24.5 Å². The van der Waals surface area contributed by atoms with Crippen LogP contribution in [0, 0.1) is 5.41 Å². The van der Waals surface area contributed by atoms with E-state index < -0.39 is 0 Å². The van der Waals surface area contributed by atoms with Crippen molar-refractivity contribution in [1.29, 1.82) is 5.41 Å². The zero-order valence-corrected chi connectivity index (χ0v) is 9.26. The maximum Gasteiger partial charge on any atom is 0.189 e. The Morgan fingerprint density at radius 1 is 1.82 bits per heavy atom. The molecule has 1 aromatic rings. The molecule has 2 atom stereocenters. The van der Waals surface area contributed by atoms with Crippen LogP contribution in [-0.2, 0) is 4.74 Å². The predicted molar refractivity (Wildman–Crippen MR) is 62.3 cm³/mol. The minimum Gasteiger partial charge on any atom is -0.394 e. The first-order valence-corrected chi connectivity index (χ1v) is 5.35. The molecule has 1 saturated heterocycles. The average Bonchev–Trinajstić information content (AvgIpc) is 2.98. The molecule has 2 heterocycles. The Kier molecular flexibility index (Phi) is 3.50. The van der Waals surface area contributed by atoms with Gasteiger partial charge in [0.05, 0.1) is 25.7 Å². The van der Waals surface area contributed by atoms with Crippen LogP contribution in [0.15, 0.2) is 11.2 Å². The zero-order chi connectivity index (χ0) is 12.3. The first-order chi connectivity index (χ1) is 8.24. The van der Waals surface area contributed by atoms with Crippen LogP contribution < -0.4 is 5.73 Å². The second-order valence-corrected chi connectivity index (χ2v) is 3.88. The van der Waals surface area contributed by atoms with Crippen molar-refractivity contribution < 1.29 is 9.84 Å².